The third kappa shape index (κ3) is 1.12. The minimum absolute atomic E-state index is 0.730. The summed E-state index contributed by atoms with van der Waals surface area (Å²) in [6, 6.07) is 2.14. The molecule has 1 unspecified atom stereocenters. The highest BCUT2D eigenvalue weighted by molar-refractivity contribution is 8.00. The third-order valence-corrected chi connectivity index (χ3v) is 4.13. The summed E-state index contributed by atoms with van der Waals surface area (Å²) in [6.45, 7) is 0. The van der Waals surface area contributed by atoms with Gasteiger partial charge in [0.1, 0.15) is 0 Å². The van der Waals surface area contributed by atoms with Gasteiger partial charge in [-0.05, 0) is 30.9 Å². The maximum Gasteiger partial charge on any atom is 0.0354 e. The summed E-state index contributed by atoms with van der Waals surface area (Å²) in [5, 5.41) is 0.730. The molecule has 0 amide bonds. The molecule has 1 aliphatic heterocycles. The van der Waals surface area contributed by atoms with E-state index in [1.807, 2.05) is 24.2 Å². The Bertz CT molecular complexity index is 370. The van der Waals surface area contributed by atoms with E-state index in [2.05, 4.69) is 17.1 Å². The number of fused-ring (bicyclic) bond motifs is 3. The zero-order valence-electron chi connectivity index (χ0n) is 7.36. The van der Waals surface area contributed by atoms with E-state index >= 15 is 0 Å². The fraction of sp³-hybridized carbons (Fsp3) is 0.364. The molecule has 13 heavy (non-hydrogen) atoms. The summed E-state index contributed by atoms with van der Waals surface area (Å²) in [6.07, 6.45) is 10.2. The second kappa shape index (κ2) is 2.88. The molecule has 1 aliphatic carbocycles. The number of hydrogen-bond donors (Lipinski definition) is 0. The molecule has 0 aromatic carbocycles. The highest BCUT2D eigenvalue weighted by Crippen LogP contribution is 2.48. The molecule has 1 nitrogen and oxygen atoms in total. The highest BCUT2D eigenvalue weighted by atomic mass is 32.2. The number of pyridine rings is 1. The standard InChI is InChI=1S/C11H11NS/c1-2-4-10-8(3-1)9-7-12-6-5-11(9)13-10/h3,5-7,10H,1-2,4H2. The molecule has 1 aromatic rings. The zero-order valence-corrected chi connectivity index (χ0v) is 8.18. The number of allylic oxidation sites excluding steroid dienone is 1. The quantitative estimate of drug-likeness (QED) is 0.622. The Labute approximate surface area is 82.3 Å². The Balaban J connectivity index is 2.13. The number of thioether (sulfide) groups is 1. The van der Waals surface area contributed by atoms with Gasteiger partial charge in [0, 0.05) is 28.1 Å². The molecule has 66 valence electrons. The Morgan fingerprint density at radius 2 is 2.46 bits per heavy atom. The van der Waals surface area contributed by atoms with Crippen LogP contribution in [-0.4, -0.2) is 10.2 Å². The third-order valence-electron chi connectivity index (χ3n) is 2.74. The van der Waals surface area contributed by atoms with Crippen molar-refractivity contribution in [3.63, 3.8) is 0 Å². The number of aromatic nitrogens is 1. The van der Waals surface area contributed by atoms with Crippen LogP contribution in [0.25, 0.3) is 5.57 Å². The van der Waals surface area contributed by atoms with Crippen LogP contribution in [0.4, 0.5) is 0 Å². The largest absolute Gasteiger partial charge is 0.264 e. The molecule has 3 rings (SSSR count). The molecule has 2 heteroatoms. The van der Waals surface area contributed by atoms with Crippen molar-refractivity contribution >= 4 is 17.3 Å². The van der Waals surface area contributed by atoms with E-state index in [-0.39, 0.29) is 0 Å². The second-order valence-electron chi connectivity index (χ2n) is 3.57. The van der Waals surface area contributed by atoms with Crippen molar-refractivity contribution < 1.29 is 0 Å². The Kier molecular flexibility index (Phi) is 1.69. The molecule has 0 saturated carbocycles. The topological polar surface area (TPSA) is 12.9 Å². The van der Waals surface area contributed by atoms with Crippen molar-refractivity contribution in [2.45, 2.75) is 29.4 Å². The van der Waals surface area contributed by atoms with E-state index in [0.29, 0.717) is 0 Å². The summed E-state index contributed by atoms with van der Waals surface area (Å²) in [5.74, 6) is 0. The van der Waals surface area contributed by atoms with Crippen LogP contribution >= 0.6 is 11.8 Å². The van der Waals surface area contributed by atoms with Crippen LogP contribution < -0.4 is 0 Å². The summed E-state index contributed by atoms with van der Waals surface area (Å²) >= 11 is 2.01. The molecular weight excluding hydrogens is 178 g/mol. The van der Waals surface area contributed by atoms with Gasteiger partial charge in [0.05, 0.1) is 0 Å². The molecule has 0 bridgehead atoms. The first-order chi connectivity index (χ1) is 6.45. The van der Waals surface area contributed by atoms with Crippen LogP contribution in [-0.2, 0) is 0 Å². The monoisotopic (exact) mass is 189 g/mol. The van der Waals surface area contributed by atoms with Crippen LogP contribution in [0.3, 0.4) is 0 Å². The molecule has 1 atom stereocenters. The lowest BCUT2D eigenvalue weighted by molar-refractivity contribution is 0.756. The Morgan fingerprint density at radius 1 is 1.46 bits per heavy atom. The number of nitrogens with zero attached hydrogens (tertiary/aromatic N) is 1. The van der Waals surface area contributed by atoms with E-state index < -0.39 is 0 Å². The maximum atomic E-state index is 4.19. The molecule has 0 saturated heterocycles. The van der Waals surface area contributed by atoms with Gasteiger partial charge in [-0.1, -0.05) is 6.08 Å². The van der Waals surface area contributed by atoms with Gasteiger partial charge < -0.3 is 0 Å². The summed E-state index contributed by atoms with van der Waals surface area (Å²) < 4.78 is 0. The maximum absolute atomic E-state index is 4.19. The van der Waals surface area contributed by atoms with Crippen molar-refractivity contribution in [2.75, 3.05) is 0 Å². The Morgan fingerprint density at radius 3 is 3.46 bits per heavy atom. The van der Waals surface area contributed by atoms with Gasteiger partial charge in [0.25, 0.3) is 0 Å². The number of hydrogen-bond acceptors (Lipinski definition) is 2. The van der Waals surface area contributed by atoms with Crippen LogP contribution in [0, 0.1) is 0 Å². The van der Waals surface area contributed by atoms with Crippen LogP contribution in [0.1, 0.15) is 24.8 Å². The van der Waals surface area contributed by atoms with Crippen LogP contribution in [0.15, 0.2) is 29.4 Å². The fourth-order valence-electron chi connectivity index (χ4n) is 2.11. The van der Waals surface area contributed by atoms with E-state index in [9.17, 15) is 0 Å². The van der Waals surface area contributed by atoms with Gasteiger partial charge in [-0.25, -0.2) is 0 Å². The van der Waals surface area contributed by atoms with Crippen molar-refractivity contribution in [3.05, 3.63) is 30.1 Å². The molecule has 1 aromatic heterocycles. The lowest BCUT2D eigenvalue weighted by atomic mass is 9.95. The van der Waals surface area contributed by atoms with Crippen molar-refractivity contribution in [3.8, 4) is 0 Å². The van der Waals surface area contributed by atoms with Crippen molar-refractivity contribution in [1.29, 1.82) is 0 Å². The SMILES string of the molecule is C1=C2c3cnccc3SC2CCC1. The predicted octanol–water partition coefficient (Wildman–Crippen LogP) is 3.12. The fourth-order valence-corrected chi connectivity index (χ4v) is 3.49. The average Bonchev–Trinajstić information content (AvgIpc) is 2.56. The van der Waals surface area contributed by atoms with Gasteiger partial charge in [0.15, 0.2) is 0 Å². The van der Waals surface area contributed by atoms with Crippen LogP contribution in [0.2, 0.25) is 0 Å². The first-order valence-electron chi connectivity index (χ1n) is 4.76. The van der Waals surface area contributed by atoms with Gasteiger partial charge in [-0.2, -0.15) is 0 Å². The van der Waals surface area contributed by atoms with E-state index in [0.717, 1.165) is 5.25 Å². The Hall–Kier alpha value is -0.760. The van der Waals surface area contributed by atoms with E-state index in [1.54, 1.807) is 5.57 Å². The van der Waals surface area contributed by atoms with E-state index in [4.69, 9.17) is 0 Å². The smallest absolute Gasteiger partial charge is 0.0354 e. The van der Waals surface area contributed by atoms with E-state index in [1.165, 1.54) is 29.7 Å². The first kappa shape index (κ1) is 7.63. The minimum Gasteiger partial charge on any atom is -0.264 e. The lowest BCUT2D eigenvalue weighted by Crippen LogP contribution is -2.03. The van der Waals surface area contributed by atoms with Crippen LogP contribution in [0.5, 0.6) is 0 Å². The summed E-state index contributed by atoms with van der Waals surface area (Å²) in [7, 11) is 0. The van der Waals surface area contributed by atoms with Gasteiger partial charge in [-0.15, -0.1) is 11.8 Å². The predicted molar refractivity (Wildman–Crippen MR) is 55.7 cm³/mol. The van der Waals surface area contributed by atoms with Gasteiger partial charge in [-0.3, -0.25) is 4.98 Å². The van der Waals surface area contributed by atoms with Crippen molar-refractivity contribution in [2.24, 2.45) is 0 Å². The summed E-state index contributed by atoms with van der Waals surface area (Å²) in [4.78, 5) is 5.62. The zero-order chi connectivity index (χ0) is 8.67. The second-order valence-corrected chi connectivity index (χ2v) is 4.81. The molecule has 0 radical (unpaired) electrons. The average molecular weight is 189 g/mol. The molecule has 2 aliphatic rings. The highest BCUT2D eigenvalue weighted by Gasteiger charge is 2.28. The van der Waals surface area contributed by atoms with Gasteiger partial charge in [0.2, 0.25) is 0 Å². The molecule has 0 N–H and O–H groups in total. The van der Waals surface area contributed by atoms with Gasteiger partial charge >= 0.3 is 0 Å². The molecule has 2 heterocycles. The molecule has 0 spiro atoms. The number of rotatable bonds is 0. The molecular formula is C11H11NS. The molecule has 0 fully saturated rings. The van der Waals surface area contributed by atoms with Crippen molar-refractivity contribution in [1.82, 2.24) is 4.98 Å². The normalized spacial score (nSPS) is 24.9. The lowest BCUT2D eigenvalue weighted by Gasteiger charge is -2.15. The summed E-state index contributed by atoms with van der Waals surface area (Å²) in [5.41, 5.74) is 2.93. The first-order valence-corrected chi connectivity index (χ1v) is 5.64. The minimum atomic E-state index is 0.730.